The lowest BCUT2D eigenvalue weighted by Gasteiger charge is -2.32. The fourth-order valence-electron chi connectivity index (χ4n) is 2.47. The fraction of sp³-hybridized carbons (Fsp3) is 0.533. The van der Waals surface area contributed by atoms with Crippen LogP contribution in [0.15, 0.2) is 18.2 Å². The van der Waals surface area contributed by atoms with Crippen molar-refractivity contribution in [1.29, 1.82) is 0 Å². The van der Waals surface area contributed by atoms with Crippen molar-refractivity contribution in [3.63, 3.8) is 0 Å². The third kappa shape index (κ3) is 4.17. The second-order valence-electron chi connectivity index (χ2n) is 5.39. The molecule has 0 saturated carbocycles. The number of primary amides is 1. The summed E-state index contributed by atoms with van der Waals surface area (Å²) in [5, 5.41) is 23.2. The number of nitrogens with two attached hydrogens (primary N) is 1. The van der Waals surface area contributed by atoms with E-state index in [1.165, 1.54) is 18.2 Å². The van der Waals surface area contributed by atoms with Crippen molar-refractivity contribution in [2.45, 2.75) is 33.1 Å². The zero-order valence-corrected chi connectivity index (χ0v) is 13.0. The highest BCUT2D eigenvalue weighted by Gasteiger charge is 2.26. The highest BCUT2D eigenvalue weighted by atomic mass is 16.6. The number of hydrogen-bond donors (Lipinski definition) is 3. The van der Waals surface area contributed by atoms with E-state index in [0.717, 1.165) is 12.8 Å². The molecule has 4 N–H and O–H groups in total. The average Bonchev–Trinajstić information content (AvgIpc) is 2.51. The van der Waals surface area contributed by atoms with Crippen LogP contribution in [-0.2, 0) is 0 Å². The highest BCUT2D eigenvalue weighted by molar-refractivity contribution is 5.99. The topological polar surface area (TPSA) is 118 Å². The number of nitro benzene ring substituents is 1. The number of aliphatic hydroxyl groups is 1. The van der Waals surface area contributed by atoms with E-state index in [4.69, 9.17) is 5.73 Å². The Bertz CT molecular complexity index is 542. The molecule has 0 bridgehead atoms. The number of hydrogen-bond acceptors (Lipinski definition) is 5. The van der Waals surface area contributed by atoms with Gasteiger partial charge in [-0.25, -0.2) is 0 Å². The van der Waals surface area contributed by atoms with Crippen molar-refractivity contribution in [3.8, 4) is 0 Å². The van der Waals surface area contributed by atoms with E-state index in [0.29, 0.717) is 18.7 Å². The highest BCUT2D eigenvalue weighted by Crippen LogP contribution is 2.31. The Kier molecular flexibility index (Phi) is 6.30. The first-order chi connectivity index (χ1) is 10.4. The lowest BCUT2D eigenvalue weighted by Crippen LogP contribution is -2.30. The number of non-ortho nitro benzene ring substituents is 1. The Morgan fingerprint density at radius 1 is 1.41 bits per heavy atom. The first-order valence-corrected chi connectivity index (χ1v) is 7.32. The van der Waals surface area contributed by atoms with E-state index in [-0.39, 0.29) is 23.3 Å². The number of anilines is 1. The second kappa shape index (κ2) is 7.74. The molecule has 7 nitrogen and oxygen atoms in total. The first kappa shape index (κ1) is 17.9. The van der Waals surface area contributed by atoms with Gasteiger partial charge in [0.1, 0.15) is 0 Å². The molecule has 0 aliphatic carbocycles. The molecule has 0 aliphatic heterocycles. The van der Waals surface area contributed by atoms with Crippen molar-refractivity contribution in [3.05, 3.63) is 33.9 Å². The molecular formula is C15H23N3O4. The number of carbonyl (C=O) groups is 1. The summed E-state index contributed by atoms with van der Waals surface area (Å²) in [7, 11) is 0. The van der Waals surface area contributed by atoms with Crippen molar-refractivity contribution in [1.82, 2.24) is 0 Å². The van der Waals surface area contributed by atoms with Gasteiger partial charge >= 0.3 is 0 Å². The Morgan fingerprint density at radius 3 is 2.50 bits per heavy atom. The van der Waals surface area contributed by atoms with Crippen LogP contribution >= 0.6 is 0 Å². The molecule has 0 aromatic heterocycles. The van der Waals surface area contributed by atoms with Gasteiger partial charge in [-0.05, 0) is 30.7 Å². The number of rotatable bonds is 9. The van der Waals surface area contributed by atoms with Gasteiger partial charge in [-0.1, -0.05) is 13.8 Å². The lowest BCUT2D eigenvalue weighted by molar-refractivity contribution is -0.384. The van der Waals surface area contributed by atoms with Crippen LogP contribution in [0.1, 0.15) is 43.5 Å². The second-order valence-corrected chi connectivity index (χ2v) is 5.39. The summed E-state index contributed by atoms with van der Waals surface area (Å²) in [6.45, 7) is 4.74. The molecule has 0 heterocycles. The van der Waals surface area contributed by atoms with Crippen molar-refractivity contribution in [2.75, 3.05) is 18.5 Å². The van der Waals surface area contributed by atoms with E-state index in [1.807, 2.05) is 13.8 Å². The van der Waals surface area contributed by atoms with Gasteiger partial charge in [0.2, 0.25) is 0 Å². The zero-order chi connectivity index (χ0) is 16.8. The maximum atomic E-state index is 11.5. The molecule has 7 heteroatoms. The first-order valence-electron chi connectivity index (χ1n) is 7.32. The fourth-order valence-corrected chi connectivity index (χ4v) is 2.47. The van der Waals surface area contributed by atoms with Gasteiger partial charge in [-0.3, -0.25) is 14.9 Å². The molecule has 0 aliphatic rings. The predicted octanol–water partition coefficient (Wildman–Crippen LogP) is 2.29. The van der Waals surface area contributed by atoms with Crippen LogP contribution in [-0.4, -0.2) is 29.1 Å². The number of nitro groups is 1. The van der Waals surface area contributed by atoms with Crippen LogP contribution in [0.5, 0.6) is 0 Å². The standard InChI is InChI=1S/C15H23N3O4/c1-3-15(4-2,7-8-19)10-17-13-6-5-11(18(21)22)9-12(13)14(16)20/h5-6,9,17,19H,3-4,7-8,10H2,1-2H3,(H2,16,20). The SMILES string of the molecule is CCC(CC)(CCO)CNc1ccc([N+](=O)[O-])cc1C(N)=O. The maximum Gasteiger partial charge on any atom is 0.270 e. The summed E-state index contributed by atoms with van der Waals surface area (Å²) in [5.74, 6) is -0.716. The molecular weight excluding hydrogens is 286 g/mol. The Balaban J connectivity index is 3.02. The van der Waals surface area contributed by atoms with Gasteiger partial charge in [0.05, 0.1) is 10.5 Å². The summed E-state index contributed by atoms with van der Waals surface area (Å²) in [4.78, 5) is 21.7. The molecule has 1 rings (SSSR count). The molecule has 0 spiro atoms. The molecule has 1 aromatic carbocycles. The molecule has 1 amide bonds. The van der Waals surface area contributed by atoms with E-state index in [9.17, 15) is 20.0 Å². The summed E-state index contributed by atoms with van der Waals surface area (Å²) in [6.07, 6.45) is 2.39. The predicted molar refractivity (Wildman–Crippen MR) is 84.8 cm³/mol. The van der Waals surface area contributed by atoms with Crippen LogP contribution in [0.4, 0.5) is 11.4 Å². The number of nitrogens with one attached hydrogen (secondary N) is 1. The lowest BCUT2D eigenvalue weighted by atomic mass is 9.79. The average molecular weight is 309 g/mol. The van der Waals surface area contributed by atoms with Crippen LogP contribution in [0, 0.1) is 15.5 Å². The Morgan fingerprint density at radius 2 is 2.05 bits per heavy atom. The quantitative estimate of drug-likeness (QED) is 0.477. The van der Waals surface area contributed by atoms with Gasteiger partial charge in [0.25, 0.3) is 11.6 Å². The van der Waals surface area contributed by atoms with Gasteiger partial charge in [-0.15, -0.1) is 0 Å². The number of carbonyl (C=O) groups excluding carboxylic acids is 1. The monoisotopic (exact) mass is 309 g/mol. The number of aliphatic hydroxyl groups excluding tert-OH is 1. The number of nitrogens with zero attached hydrogens (tertiary/aromatic N) is 1. The third-order valence-electron chi connectivity index (χ3n) is 4.28. The van der Waals surface area contributed by atoms with E-state index >= 15 is 0 Å². The van der Waals surface area contributed by atoms with Crippen molar-refractivity contribution < 1.29 is 14.8 Å². The number of amides is 1. The van der Waals surface area contributed by atoms with Crippen LogP contribution < -0.4 is 11.1 Å². The van der Waals surface area contributed by atoms with Crippen molar-refractivity contribution in [2.24, 2.45) is 11.1 Å². The summed E-state index contributed by atoms with van der Waals surface area (Å²) in [5.41, 5.74) is 5.61. The molecule has 1 aromatic rings. The van der Waals surface area contributed by atoms with E-state index in [2.05, 4.69) is 5.32 Å². The zero-order valence-electron chi connectivity index (χ0n) is 13.0. The summed E-state index contributed by atoms with van der Waals surface area (Å²) in [6, 6.07) is 4.00. The molecule has 0 radical (unpaired) electrons. The molecule has 0 atom stereocenters. The van der Waals surface area contributed by atoms with Gasteiger partial charge in [0, 0.05) is 31.0 Å². The summed E-state index contributed by atoms with van der Waals surface area (Å²) >= 11 is 0. The molecule has 0 unspecified atom stereocenters. The van der Waals surface area contributed by atoms with Crippen LogP contribution in [0.25, 0.3) is 0 Å². The molecule has 22 heavy (non-hydrogen) atoms. The van der Waals surface area contributed by atoms with Gasteiger partial charge in [0.15, 0.2) is 0 Å². The van der Waals surface area contributed by atoms with Gasteiger partial charge < -0.3 is 16.2 Å². The minimum atomic E-state index is -0.716. The third-order valence-corrected chi connectivity index (χ3v) is 4.28. The Labute approximate surface area is 129 Å². The van der Waals surface area contributed by atoms with E-state index < -0.39 is 10.8 Å². The molecule has 122 valence electrons. The van der Waals surface area contributed by atoms with Crippen LogP contribution in [0.3, 0.4) is 0 Å². The Hall–Kier alpha value is -2.15. The largest absolute Gasteiger partial charge is 0.396 e. The van der Waals surface area contributed by atoms with Crippen molar-refractivity contribution >= 4 is 17.3 Å². The summed E-state index contributed by atoms with van der Waals surface area (Å²) < 4.78 is 0. The molecule has 0 fully saturated rings. The smallest absolute Gasteiger partial charge is 0.270 e. The van der Waals surface area contributed by atoms with E-state index in [1.54, 1.807) is 0 Å². The normalized spacial score (nSPS) is 11.2. The minimum Gasteiger partial charge on any atom is -0.396 e. The maximum absolute atomic E-state index is 11.5. The van der Waals surface area contributed by atoms with Crippen LogP contribution in [0.2, 0.25) is 0 Å². The number of benzene rings is 1. The minimum absolute atomic E-state index is 0.0896. The molecule has 0 saturated heterocycles. The van der Waals surface area contributed by atoms with Gasteiger partial charge in [-0.2, -0.15) is 0 Å².